The van der Waals surface area contributed by atoms with Crippen LogP contribution in [0.4, 0.5) is 26.3 Å². The summed E-state index contributed by atoms with van der Waals surface area (Å²) in [5, 5.41) is 2.44. The van der Waals surface area contributed by atoms with Gasteiger partial charge in [-0.25, -0.2) is 0 Å². The number of likely N-dealkylation sites (N-methyl/N-ethyl adjacent to an activating group) is 1. The molecule has 0 aliphatic rings. The van der Waals surface area contributed by atoms with Crippen LogP contribution >= 0.6 is 0 Å². The number of allylic oxidation sites excluding steroid dienone is 3. The zero-order valence-electron chi connectivity index (χ0n) is 8.41. The van der Waals surface area contributed by atoms with Crippen LogP contribution in [0.2, 0.25) is 0 Å². The van der Waals surface area contributed by atoms with E-state index in [1.54, 1.807) is 0 Å². The average molecular weight is 247 g/mol. The van der Waals surface area contributed by atoms with Gasteiger partial charge in [-0.05, 0) is 7.05 Å². The summed E-state index contributed by atoms with van der Waals surface area (Å²) in [4.78, 5) is 0. The second-order valence-electron chi connectivity index (χ2n) is 2.94. The van der Waals surface area contributed by atoms with E-state index in [4.69, 9.17) is 0 Å². The molecule has 1 N–H and O–H groups in total. The summed E-state index contributed by atoms with van der Waals surface area (Å²) in [6, 6.07) is 0. The molecule has 0 radical (unpaired) electrons. The van der Waals surface area contributed by atoms with Crippen LogP contribution in [-0.4, -0.2) is 25.9 Å². The fourth-order valence-electron chi connectivity index (χ4n) is 0.810. The smallest absolute Gasteiger partial charge is 0.316 e. The van der Waals surface area contributed by atoms with Crippen LogP contribution in [0.3, 0.4) is 0 Å². The summed E-state index contributed by atoms with van der Waals surface area (Å²) in [6.45, 7) is -0.0643. The Morgan fingerprint density at radius 1 is 1.12 bits per heavy atom. The number of alkyl halides is 6. The minimum Gasteiger partial charge on any atom is -0.316 e. The monoisotopic (exact) mass is 247 g/mol. The Morgan fingerprint density at radius 2 is 1.69 bits per heavy atom. The summed E-state index contributed by atoms with van der Waals surface area (Å²) in [5.74, 6) is 0. The van der Waals surface area contributed by atoms with Gasteiger partial charge < -0.3 is 5.32 Å². The van der Waals surface area contributed by atoms with Gasteiger partial charge in [0.15, 0.2) is 0 Å². The van der Waals surface area contributed by atoms with E-state index in [1.807, 2.05) is 0 Å². The molecule has 1 nitrogen and oxygen atoms in total. The zero-order valence-corrected chi connectivity index (χ0v) is 8.41. The van der Waals surface area contributed by atoms with Crippen LogP contribution in [0.15, 0.2) is 23.8 Å². The van der Waals surface area contributed by atoms with Crippen LogP contribution in [0.5, 0.6) is 0 Å². The van der Waals surface area contributed by atoms with E-state index in [2.05, 4.69) is 5.32 Å². The molecule has 0 amide bonds. The normalized spacial score (nSPS) is 14.8. The van der Waals surface area contributed by atoms with Crippen LogP contribution in [0.1, 0.15) is 6.42 Å². The van der Waals surface area contributed by atoms with E-state index in [9.17, 15) is 26.3 Å². The number of nitrogens with one attached hydrogen (secondary N) is 1. The van der Waals surface area contributed by atoms with Gasteiger partial charge >= 0.3 is 12.4 Å². The SMILES string of the molecule is CNC/C=C(\C=C/CC(F)(F)F)C(F)(F)F. The van der Waals surface area contributed by atoms with E-state index in [-0.39, 0.29) is 6.54 Å². The molecule has 0 fully saturated rings. The molecule has 0 heterocycles. The molecule has 0 aliphatic heterocycles. The van der Waals surface area contributed by atoms with Crippen molar-refractivity contribution in [3.8, 4) is 0 Å². The second kappa shape index (κ2) is 5.93. The molecule has 0 aromatic carbocycles. The molecule has 0 atom stereocenters. The average Bonchev–Trinajstić information content (AvgIpc) is 2.06. The van der Waals surface area contributed by atoms with Gasteiger partial charge in [0.1, 0.15) is 0 Å². The molecule has 7 heteroatoms. The van der Waals surface area contributed by atoms with Crippen molar-refractivity contribution in [1.29, 1.82) is 0 Å². The fourth-order valence-corrected chi connectivity index (χ4v) is 0.810. The molecular weight excluding hydrogens is 236 g/mol. The highest BCUT2D eigenvalue weighted by molar-refractivity contribution is 5.24. The Kier molecular flexibility index (Phi) is 5.57. The van der Waals surface area contributed by atoms with Gasteiger partial charge in [0.25, 0.3) is 0 Å². The molecule has 0 aromatic heterocycles. The van der Waals surface area contributed by atoms with E-state index in [0.29, 0.717) is 12.2 Å². The third-order valence-electron chi connectivity index (χ3n) is 1.50. The first kappa shape index (κ1) is 15.0. The highest BCUT2D eigenvalue weighted by Gasteiger charge is 2.32. The van der Waals surface area contributed by atoms with Crippen LogP contribution in [-0.2, 0) is 0 Å². The fraction of sp³-hybridized carbons (Fsp3) is 0.556. The largest absolute Gasteiger partial charge is 0.416 e. The van der Waals surface area contributed by atoms with Gasteiger partial charge in [-0.3, -0.25) is 0 Å². The Labute approximate surface area is 88.8 Å². The second-order valence-corrected chi connectivity index (χ2v) is 2.94. The number of rotatable bonds is 4. The van der Waals surface area contributed by atoms with Crippen molar-refractivity contribution in [2.45, 2.75) is 18.8 Å². The Bertz CT molecular complexity index is 260. The highest BCUT2D eigenvalue weighted by atomic mass is 19.4. The molecule has 16 heavy (non-hydrogen) atoms. The maximum absolute atomic E-state index is 12.2. The van der Waals surface area contributed by atoms with Crippen LogP contribution in [0, 0.1) is 0 Å². The van der Waals surface area contributed by atoms with Crippen molar-refractivity contribution in [2.75, 3.05) is 13.6 Å². The molecule has 0 unspecified atom stereocenters. The lowest BCUT2D eigenvalue weighted by Gasteiger charge is -2.08. The maximum atomic E-state index is 12.2. The summed E-state index contributed by atoms with van der Waals surface area (Å²) in [6.07, 6.45) is -8.83. The lowest BCUT2D eigenvalue weighted by atomic mass is 10.2. The minimum atomic E-state index is -4.64. The first-order valence-electron chi connectivity index (χ1n) is 4.32. The van der Waals surface area contributed by atoms with Gasteiger partial charge in [0, 0.05) is 6.54 Å². The van der Waals surface area contributed by atoms with E-state index < -0.39 is 24.3 Å². The van der Waals surface area contributed by atoms with Crippen LogP contribution in [0.25, 0.3) is 0 Å². The molecule has 0 aromatic rings. The van der Waals surface area contributed by atoms with E-state index in [0.717, 1.165) is 6.08 Å². The van der Waals surface area contributed by atoms with Gasteiger partial charge in [-0.2, -0.15) is 26.3 Å². The quantitative estimate of drug-likeness (QED) is 0.594. The molecule has 0 saturated heterocycles. The molecule has 0 rings (SSSR count). The standard InChI is InChI=1S/C9H11F6N/c1-16-6-4-7(9(13,14)15)3-2-5-8(10,11)12/h2-4,16H,5-6H2,1H3/b3-2-,7-4+. The summed E-state index contributed by atoms with van der Waals surface area (Å²) in [5.41, 5.74) is -1.09. The molecule has 0 saturated carbocycles. The number of hydrogen-bond acceptors (Lipinski definition) is 1. The summed E-state index contributed by atoms with van der Waals surface area (Å²) in [7, 11) is 1.43. The van der Waals surface area contributed by atoms with Crippen molar-refractivity contribution in [2.24, 2.45) is 0 Å². The first-order valence-corrected chi connectivity index (χ1v) is 4.32. The minimum absolute atomic E-state index is 0.0643. The van der Waals surface area contributed by atoms with Crippen molar-refractivity contribution in [3.05, 3.63) is 23.8 Å². The zero-order chi connectivity index (χ0) is 12.8. The summed E-state index contributed by atoms with van der Waals surface area (Å²) < 4.78 is 71.8. The lowest BCUT2D eigenvalue weighted by Crippen LogP contribution is -2.14. The predicted molar refractivity (Wildman–Crippen MR) is 47.9 cm³/mol. The molecule has 0 bridgehead atoms. The first-order chi connectivity index (χ1) is 7.17. The Morgan fingerprint density at radius 3 is 2.06 bits per heavy atom. The van der Waals surface area contributed by atoms with Gasteiger partial charge in [-0.15, -0.1) is 0 Å². The van der Waals surface area contributed by atoms with E-state index in [1.165, 1.54) is 7.05 Å². The Balaban J connectivity index is 4.57. The molecular formula is C9H11F6N. The van der Waals surface area contributed by atoms with E-state index >= 15 is 0 Å². The van der Waals surface area contributed by atoms with Crippen molar-refractivity contribution in [3.63, 3.8) is 0 Å². The molecule has 94 valence electrons. The highest BCUT2D eigenvalue weighted by Crippen LogP contribution is 2.27. The topological polar surface area (TPSA) is 12.0 Å². The van der Waals surface area contributed by atoms with Gasteiger partial charge in [0.2, 0.25) is 0 Å². The summed E-state index contributed by atoms with van der Waals surface area (Å²) >= 11 is 0. The third-order valence-corrected chi connectivity index (χ3v) is 1.50. The van der Waals surface area contributed by atoms with Crippen molar-refractivity contribution < 1.29 is 26.3 Å². The third kappa shape index (κ3) is 7.33. The Hall–Kier alpha value is -0.980. The van der Waals surface area contributed by atoms with Gasteiger partial charge in [-0.1, -0.05) is 18.2 Å². The molecule has 0 aliphatic carbocycles. The number of hydrogen-bond donors (Lipinski definition) is 1. The maximum Gasteiger partial charge on any atom is 0.416 e. The lowest BCUT2D eigenvalue weighted by molar-refractivity contribution is -0.125. The molecule has 0 spiro atoms. The van der Waals surface area contributed by atoms with Crippen molar-refractivity contribution >= 4 is 0 Å². The number of halogens is 6. The van der Waals surface area contributed by atoms with Crippen LogP contribution < -0.4 is 5.32 Å². The van der Waals surface area contributed by atoms with Crippen molar-refractivity contribution in [1.82, 2.24) is 5.32 Å². The van der Waals surface area contributed by atoms with Gasteiger partial charge in [0.05, 0.1) is 12.0 Å². The predicted octanol–water partition coefficient (Wildman–Crippen LogP) is 3.20.